The van der Waals surface area contributed by atoms with Gasteiger partial charge in [-0.05, 0) is 43.9 Å². The molecule has 2 aliphatic rings. The molecule has 0 unspecified atom stereocenters. The van der Waals surface area contributed by atoms with E-state index in [-0.39, 0.29) is 30.1 Å². The molecule has 6 heteroatoms. The highest BCUT2D eigenvalue weighted by Crippen LogP contribution is 2.30. The predicted octanol–water partition coefficient (Wildman–Crippen LogP) is 1.78. The van der Waals surface area contributed by atoms with Crippen molar-refractivity contribution in [3.63, 3.8) is 0 Å². The number of aliphatic carboxylic acids is 1. The number of hydrogen-bond donors (Lipinski definition) is 2. The van der Waals surface area contributed by atoms with Crippen LogP contribution in [0.25, 0.3) is 0 Å². The molecule has 0 aromatic rings. The Bertz CT molecular complexity index is 446. The van der Waals surface area contributed by atoms with Crippen molar-refractivity contribution in [2.75, 3.05) is 13.1 Å². The Kier molecular flexibility index (Phi) is 6.42. The van der Waals surface area contributed by atoms with Gasteiger partial charge in [0.25, 0.3) is 0 Å². The lowest BCUT2D eigenvalue weighted by Gasteiger charge is -2.36. The molecule has 2 N–H and O–H groups in total. The molecule has 1 aliphatic heterocycles. The van der Waals surface area contributed by atoms with Crippen molar-refractivity contribution in [2.45, 2.75) is 64.3 Å². The van der Waals surface area contributed by atoms with Gasteiger partial charge in [-0.25, -0.2) is 0 Å². The summed E-state index contributed by atoms with van der Waals surface area (Å²) >= 11 is 0. The number of carboxylic acid groups (broad SMARTS) is 1. The summed E-state index contributed by atoms with van der Waals surface area (Å²) in [5, 5.41) is 11.7. The molecule has 1 aliphatic carbocycles. The molecule has 0 spiro atoms. The van der Waals surface area contributed by atoms with E-state index in [0.29, 0.717) is 19.5 Å². The zero-order valence-electron chi connectivity index (χ0n) is 13.9. The van der Waals surface area contributed by atoms with Crippen LogP contribution >= 0.6 is 0 Å². The van der Waals surface area contributed by atoms with Gasteiger partial charge in [0.15, 0.2) is 0 Å². The van der Waals surface area contributed by atoms with Crippen molar-refractivity contribution in [3.05, 3.63) is 0 Å². The standard InChI is InChI=1S/C17H28N2O4/c1-12(20)18-16(14-6-2-3-7-14)17(23)19-10-4-5-13(11-19)8-9-15(21)22/h13-14,16H,2-11H2,1H3,(H,18,20)(H,21,22)/t13-,16+/m1/s1. The zero-order chi connectivity index (χ0) is 16.8. The van der Waals surface area contributed by atoms with Crippen LogP contribution in [0.15, 0.2) is 0 Å². The summed E-state index contributed by atoms with van der Waals surface area (Å²) in [6.07, 6.45) is 6.89. The monoisotopic (exact) mass is 324 g/mol. The van der Waals surface area contributed by atoms with Crippen LogP contribution in [0.1, 0.15) is 58.3 Å². The molecule has 0 radical (unpaired) electrons. The molecular weight excluding hydrogens is 296 g/mol. The summed E-state index contributed by atoms with van der Waals surface area (Å²) in [5.41, 5.74) is 0. The molecule has 0 bridgehead atoms. The lowest BCUT2D eigenvalue weighted by atomic mass is 9.91. The van der Waals surface area contributed by atoms with E-state index in [0.717, 1.165) is 38.5 Å². The van der Waals surface area contributed by atoms with Crippen molar-refractivity contribution in [1.29, 1.82) is 0 Å². The van der Waals surface area contributed by atoms with Gasteiger partial charge in [-0.1, -0.05) is 12.8 Å². The van der Waals surface area contributed by atoms with Gasteiger partial charge in [0.1, 0.15) is 6.04 Å². The second kappa shape index (κ2) is 8.31. The van der Waals surface area contributed by atoms with E-state index in [1.54, 1.807) is 0 Å². The molecular formula is C17H28N2O4. The first-order chi connectivity index (χ1) is 11.0. The Labute approximate surface area is 137 Å². The molecule has 6 nitrogen and oxygen atoms in total. The second-order valence-corrected chi connectivity index (χ2v) is 6.95. The van der Waals surface area contributed by atoms with Gasteiger partial charge in [0.2, 0.25) is 11.8 Å². The van der Waals surface area contributed by atoms with Gasteiger partial charge in [-0.15, -0.1) is 0 Å². The third-order valence-corrected chi connectivity index (χ3v) is 5.09. The third-order valence-electron chi connectivity index (χ3n) is 5.09. The van der Waals surface area contributed by atoms with Crippen LogP contribution in [0.3, 0.4) is 0 Å². The third kappa shape index (κ3) is 5.22. The summed E-state index contributed by atoms with van der Waals surface area (Å²) in [5.74, 6) is -0.423. The number of amides is 2. The maximum atomic E-state index is 12.9. The summed E-state index contributed by atoms with van der Waals surface area (Å²) in [4.78, 5) is 37.0. The van der Waals surface area contributed by atoms with Gasteiger partial charge in [-0.2, -0.15) is 0 Å². The first kappa shape index (κ1) is 17.8. The quantitative estimate of drug-likeness (QED) is 0.780. The fraction of sp³-hybridized carbons (Fsp3) is 0.824. The van der Waals surface area contributed by atoms with E-state index in [1.807, 2.05) is 4.90 Å². The molecule has 0 aromatic carbocycles. The lowest BCUT2D eigenvalue weighted by molar-refractivity contribution is -0.139. The highest BCUT2D eigenvalue weighted by atomic mass is 16.4. The Balaban J connectivity index is 1.97. The molecule has 1 saturated heterocycles. The van der Waals surface area contributed by atoms with Gasteiger partial charge in [0, 0.05) is 26.4 Å². The molecule has 2 amide bonds. The van der Waals surface area contributed by atoms with Gasteiger partial charge < -0.3 is 15.3 Å². The summed E-state index contributed by atoms with van der Waals surface area (Å²) in [7, 11) is 0. The van der Waals surface area contributed by atoms with Crippen LogP contribution in [0, 0.1) is 11.8 Å². The van der Waals surface area contributed by atoms with Crippen LogP contribution in [-0.2, 0) is 14.4 Å². The number of nitrogens with one attached hydrogen (secondary N) is 1. The number of carbonyl (C=O) groups is 3. The minimum atomic E-state index is -0.782. The molecule has 2 rings (SSSR count). The van der Waals surface area contributed by atoms with Gasteiger partial charge >= 0.3 is 5.97 Å². The first-order valence-electron chi connectivity index (χ1n) is 8.75. The topological polar surface area (TPSA) is 86.7 Å². The van der Waals surface area contributed by atoms with Crippen LogP contribution in [0.2, 0.25) is 0 Å². The zero-order valence-corrected chi connectivity index (χ0v) is 13.9. The minimum Gasteiger partial charge on any atom is -0.481 e. The Hall–Kier alpha value is -1.59. The average Bonchev–Trinajstić information content (AvgIpc) is 3.04. The SMILES string of the molecule is CC(=O)N[C@H](C(=O)N1CCC[C@H](CCC(=O)O)C1)C1CCCC1. The fourth-order valence-electron chi connectivity index (χ4n) is 3.92. The van der Waals surface area contributed by atoms with Crippen LogP contribution in [0.4, 0.5) is 0 Å². The number of hydrogen-bond acceptors (Lipinski definition) is 3. The van der Waals surface area contributed by atoms with Crippen molar-refractivity contribution in [1.82, 2.24) is 10.2 Å². The van der Waals surface area contributed by atoms with Crippen LogP contribution in [-0.4, -0.2) is 46.9 Å². The number of likely N-dealkylation sites (tertiary alicyclic amines) is 1. The first-order valence-corrected chi connectivity index (χ1v) is 8.75. The summed E-state index contributed by atoms with van der Waals surface area (Å²) < 4.78 is 0. The number of carbonyl (C=O) groups excluding carboxylic acids is 2. The molecule has 130 valence electrons. The molecule has 2 fully saturated rings. The summed E-state index contributed by atoms with van der Waals surface area (Å²) in [6, 6.07) is -0.409. The number of rotatable bonds is 6. The second-order valence-electron chi connectivity index (χ2n) is 6.95. The van der Waals surface area contributed by atoms with Crippen LogP contribution < -0.4 is 5.32 Å². The van der Waals surface area contributed by atoms with E-state index < -0.39 is 12.0 Å². The number of piperidine rings is 1. The fourth-order valence-corrected chi connectivity index (χ4v) is 3.92. The lowest BCUT2D eigenvalue weighted by Crippen LogP contribution is -2.53. The minimum absolute atomic E-state index is 0.0205. The highest BCUT2D eigenvalue weighted by molar-refractivity contribution is 5.87. The average molecular weight is 324 g/mol. The van der Waals surface area contributed by atoms with Gasteiger partial charge in [0.05, 0.1) is 0 Å². The maximum Gasteiger partial charge on any atom is 0.303 e. The Morgan fingerprint density at radius 3 is 2.48 bits per heavy atom. The van der Waals surface area contributed by atoms with E-state index in [1.165, 1.54) is 6.92 Å². The largest absolute Gasteiger partial charge is 0.481 e. The van der Waals surface area contributed by atoms with Crippen molar-refractivity contribution < 1.29 is 19.5 Å². The van der Waals surface area contributed by atoms with E-state index in [4.69, 9.17) is 5.11 Å². The summed E-state index contributed by atoms with van der Waals surface area (Å²) in [6.45, 7) is 2.79. The molecule has 0 aromatic heterocycles. The van der Waals surface area contributed by atoms with E-state index in [9.17, 15) is 14.4 Å². The highest BCUT2D eigenvalue weighted by Gasteiger charge is 2.35. The molecule has 23 heavy (non-hydrogen) atoms. The van der Waals surface area contributed by atoms with Gasteiger partial charge in [-0.3, -0.25) is 14.4 Å². The Morgan fingerprint density at radius 2 is 1.87 bits per heavy atom. The number of nitrogens with zero attached hydrogens (tertiary/aromatic N) is 1. The molecule has 1 saturated carbocycles. The van der Waals surface area contributed by atoms with Crippen molar-refractivity contribution in [2.24, 2.45) is 11.8 Å². The number of carboxylic acids is 1. The van der Waals surface area contributed by atoms with E-state index >= 15 is 0 Å². The van der Waals surface area contributed by atoms with Crippen LogP contribution in [0.5, 0.6) is 0 Å². The molecule has 2 atom stereocenters. The normalized spacial score (nSPS) is 23.5. The van der Waals surface area contributed by atoms with Crippen molar-refractivity contribution >= 4 is 17.8 Å². The van der Waals surface area contributed by atoms with E-state index in [2.05, 4.69) is 5.32 Å². The Morgan fingerprint density at radius 1 is 1.17 bits per heavy atom. The molecule has 1 heterocycles. The van der Waals surface area contributed by atoms with Crippen molar-refractivity contribution in [3.8, 4) is 0 Å². The maximum absolute atomic E-state index is 12.9. The smallest absolute Gasteiger partial charge is 0.303 e. The predicted molar refractivity (Wildman–Crippen MR) is 85.7 cm³/mol.